The van der Waals surface area contributed by atoms with E-state index in [9.17, 15) is 9.59 Å². The van der Waals surface area contributed by atoms with Crippen LogP contribution in [-0.2, 0) is 16.1 Å². The first-order valence-corrected chi connectivity index (χ1v) is 8.09. The second-order valence-corrected chi connectivity index (χ2v) is 5.92. The standard InChI is InChI=1S/C19H16ClNO4/c1-12-14-8-5-9-15(20)18(14)25-17(12)19(23)24-11-16(22)21-10-13-6-3-2-4-7-13/h2-9H,10-11H2,1H3,(H,21,22). The van der Waals surface area contributed by atoms with Gasteiger partial charge in [-0.2, -0.15) is 0 Å². The van der Waals surface area contributed by atoms with Gasteiger partial charge in [-0.15, -0.1) is 0 Å². The summed E-state index contributed by atoms with van der Waals surface area (Å²) in [6.07, 6.45) is 0. The molecule has 0 saturated carbocycles. The molecule has 0 saturated heterocycles. The third-order valence-electron chi connectivity index (χ3n) is 3.77. The fourth-order valence-corrected chi connectivity index (χ4v) is 2.66. The van der Waals surface area contributed by atoms with Crippen molar-refractivity contribution in [2.45, 2.75) is 13.5 Å². The monoisotopic (exact) mass is 357 g/mol. The SMILES string of the molecule is Cc1c(C(=O)OCC(=O)NCc2ccccc2)oc2c(Cl)cccc12. The summed E-state index contributed by atoms with van der Waals surface area (Å²) in [6, 6.07) is 14.7. The van der Waals surface area contributed by atoms with Crippen LogP contribution in [0.5, 0.6) is 0 Å². The van der Waals surface area contributed by atoms with E-state index in [-0.39, 0.29) is 18.3 Å². The fraction of sp³-hybridized carbons (Fsp3) is 0.158. The van der Waals surface area contributed by atoms with Gasteiger partial charge in [-0.1, -0.05) is 54.1 Å². The Morgan fingerprint density at radius 3 is 2.60 bits per heavy atom. The van der Waals surface area contributed by atoms with Crippen molar-refractivity contribution >= 4 is 34.4 Å². The summed E-state index contributed by atoms with van der Waals surface area (Å²) in [5.41, 5.74) is 2.03. The van der Waals surface area contributed by atoms with Crippen molar-refractivity contribution in [2.75, 3.05) is 6.61 Å². The molecule has 0 aliphatic rings. The van der Waals surface area contributed by atoms with E-state index in [2.05, 4.69) is 5.32 Å². The Bertz CT molecular complexity index is 918. The zero-order chi connectivity index (χ0) is 17.8. The highest BCUT2D eigenvalue weighted by atomic mass is 35.5. The lowest BCUT2D eigenvalue weighted by molar-refractivity contribution is -0.124. The minimum absolute atomic E-state index is 0.0546. The van der Waals surface area contributed by atoms with Gasteiger partial charge in [0.15, 0.2) is 12.2 Å². The van der Waals surface area contributed by atoms with E-state index in [0.717, 1.165) is 10.9 Å². The van der Waals surface area contributed by atoms with Crippen LogP contribution >= 0.6 is 11.6 Å². The van der Waals surface area contributed by atoms with Gasteiger partial charge in [0.25, 0.3) is 5.91 Å². The average Bonchev–Trinajstić information content (AvgIpc) is 2.97. The first kappa shape index (κ1) is 17.0. The number of carbonyl (C=O) groups excluding carboxylic acids is 2. The van der Waals surface area contributed by atoms with Crippen LogP contribution in [0, 0.1) is 6.92 Å². The Balaban J connectivity index is 1.60. The summed E-state index contributed by atoms with van der Waals surface area (Å²) in [5.74, 6) is -1.03. The lowest BCUT2D eigenvalue weighted by Gasteiger charge is -2.06. The molecule has 128 valence electrons. The zero-order valence-electron chi connectivity index (χ0n) is 13.5. The van der Waals surface area contributed by atoms with Crippen LogP contribution in [0.3, 0.4) is 0 Å². The maximum atomic E-state index is 12.2. The van der Waals surface area contributed by atoms with Crippen LogP contribution in [-0.4, -0.2) is 18.5 Å². The molecule has 1 aromatic heterocycles. The molecular weight excluding hydrogens is 342 g/mol. The van der Waals surface area contributed by atoms with Gasteiger partial charge in [0.1, 0.15) is 0 Å². The highest BCUT2D eigenvalue weighted by Crippen LogP contribution is 2.30. The topological polar surface area (TPSA) is 68.5 Å². The number of halogens is 1. The Morgan fingerprint density at radius 1 is 1.12 bits per heavy atom. The molecule has 0 radical (unpaired) electrons. The first-order chi connectivity index (χ1) is 12.1. The summed E-state index contributed by atoms with van der Waals surface area (Å²) in [5, 5.41) is 3.85. The number of nitrogens with one attached hydrogen (secondary N) is 1. The molecule has 0 aliphatic carbocycles. The molecule has 6 heteroatoms. The van der Waals surface area contributed by atoms with Crippen LogP contribution < -0.4 is 5.32 Å². The van der Waals surface area contributed by atoms with Crippen LogP contribution in [0.4, 0.5) is 0 Å². The summed E-state index contributed by atoms with van der Waals surface area (Å²) >= 11 is 6.06. The largest absolute Gasteiger partial charge is 0.450 e. The van der Waals surface area contributed by atoms with E-state index in [4.69, 9.17) is 20.8 Å². The number of hydrogen-bond acceptors (Lipinski definition) is 4. The van der Waals surface area contributed by atoms with Crippen molar-refractivity contribution in [1.82, 2.24) is 5.32 Å². The fourth-order valence-electron chi connectivity index (χ4n) is 2.45. The van der Waals surface area contributed by atoms with Gasteiger partial charge in [-0.25, -0.2) is 4.79 Å². The Hall–Kier alpha value is -2.79. The van der Waals surface area contributed by atoms with Gasteiger partial charge in [0.05, 0.1) is 5.02 Å². The Morgan fingerprint density at radius 2 is 1.88 bits per heavy atom. The molecule has 1 amide bonds. The predicted molar refractivity (Wildman–Crippen MR) is 94.5 cm³/mol. The third-order valence-corrected chi connectivity index (χ3v) is 4.07. The predicted octanol–water partition coefficient (Wildman–Crippen LogP) is 3.87. The van der Waals surface area contributed by atoms with E-state index in [0.29, 0.717) is 22.7 Å². The second-order valence-electron chi connectivity index (χ2n) is 5.51. The normalized spacial score (nSPS) is 10.6. The number of benzene rings is 2. The van der Waals surface area contributed by atoms with Crippen molar-refractivity contribution in [1.29, 1.82) is 0 Å². The van der Waals surface area contributed by atoms with E-state index >= 15 is 0 Å². The average molecular weight is 358 g/mol. The lowest BCUT2D eigenvalue weighted by atomic mass is 10.1. The Labute approximate surface area is 149 Å². The van der Waals surface area contributed by atoms with Gasteiger partial charge in [-0.05, 0) is 18.6 Å². The summed E-state index contributed by atoms with van der Waals surface area (Å²) in [4.78, 5) is 24.0. The smallest absolute Gasteiger partial charge is 0.375 e. The lowest BCUT2D eigenvalue weighted by Crippen LogP contribution is -2.28. The highest BCUT2D eigenvalue weighted by molar-refractivity contribution is 6.35. The van der Waals surface area contributed by atoms with E-state index in [1.807, 2.05) is 36.4 Å². The molecule has 2 aromatic carbocycles. The van der Waals surface area contributed by atoms with Crippen LogP contribution in [0.1, 0.15) is 21.7 Å². The van der Waals surface area contributed by atoms with E-state index in [1.54, 1.807) is 19.1 Å². The Kier molecular flexibility index (Phi) is 5.05. The number of hydrogen-bond donors (Lipinski definition) is 1. The number of fused-ring (bicyclic) bond motifs is 1. The van der Waals surface area contributed by atoms with Gasteiger partial charge in [0, 0.05) is 17.5 Å². The van der Waals surface area contributed by atoms with Crippen molar-refractivity contribution in [3.8, 4) is 0 Å². The second kappa shape index (κ2) is 7.40. The molecule has 3 rings (SSSR count). The minimum atomic E-state index is -0.695. The zero-order valence-corrected chi connectivity index (χ0v) is 14.3. The molecule has 0 atom stereocenters. The van der Waals surface area contributed by atoms with Gasteiger partial charge in [-0.3, -0.25) is 4.79 Å². The van der Waals surface area contributed by atoms with Crippen LogP contribution in [0.2, 0.25) is 5.02 Å². The number of amides is 1. The molecule has 1 N–H and O–H groups in total. The number of carbonyl (C=O) groups is 2. The molecule has 25 heavy (non-hydrogen) atoms. The molecule has 0 unspecified atom stereocenters. The maximum absolute atomic E-state index is 12.2. The number of furan rings is 1. The molecule has 0 aliphatic heterocycles. The maximum Gasteiger partial charge on any atom is 0.375 e. The van der Waals surface area contributed by atoms with Crippen molar-refractivity contribution in [2.24, 2.45) is 0 Å². The van der Waals surface area contributed by atoms with Gasteiger partial charge >= 0.3 is 5.97 Å². The molecule has 3 aromatic rings. The van der Waals surface area contributed by atoms with Crippen molar-refractivity contribution in [3.05, 3.63) is 70.4 Å². The summed E-state index contributed by atoms with van der Waals surface area (Å²) < 4.78 is 10.6. The molecule has 0 fully saturated rings. The number of esters is 1. The number of ether oxygens (including phenoxy) is 1. The molecular formula is C19H16ClNO4. The molecule has 0 spiro atoms. The van der Waals surface area contributed by atoms with Crippen LogP contribution in [0.15, 0.2) is 52.9 Å². The third kappa shape index (κ3) is 3.83. The molecule has 1 heterocycles. The summed E-state index contributed by atoms with van der Waals surface area (Å²) in [7, 11) is 0. The minimum Gasteiger partial charge on any atom is -0.450 e. The molecule has 0 bridgehead atoms. The first-order valence-electron chi connectivity index (χ1n) is 7.71. The van der Waals surface area contributed by atoms with E-state index in [1.165, 1.54) is 0 Å². The van der Waals surface area contributed by atoms with Crippen LogP contribution in [0.25, 0.3) is 11.0 Å². The summed E-state index contributed by atoms with van der Waals surface area (Å²) in [6.45, 7) is 1.74. The number of rotatable bonds is 5. The number of para-hydroxylation sites is 1. The number of aryl methyl sites for hydroxylation is 1. The van der Waals surface area contributed by atoms with Crippen molar-refractivity contribution < 1.29 is 18.7 Å². The van der Waals surface area contributed by atoms with Gasteiger partial charge < -0.3 is 14.5 Å². The quantitative estimate of drug-likeness (QED) is 0.704. The van der Waals surface area contributed by atoms with Crippen molar-refractivity contribution in [3.63, 3.8) is 0 Å². The molecule has 5 nitrogen and oxygen atoms in total. The van der Waals surface area contributed by atoms with Gasteiger partial charge in [0.2, 0.25) is 5.76 Å². The highest BCUT2D eigenvalue weighted by Gasteiger charge is 2.21. The van der Waals surface area contributed by atoms with E-state index < -0.39 is 5.97 Å².